The number of rotatable bonds is 3. The Kier molecular flexibility index (Phi) is 4.85. The molecule has 5 nitrogen and oxygen atoms in total. The van der Waals surface area contributed by atoms with Gasteiger partial charge in [-0.05, 0) is 57.7 Å². The van der Waals surface area contributed by atoms with E-state index in [1.165, 1.54) is 36.6 Å². The van der Waals surface area contributed by atoms with Gasteiger partial charge in [0.1, 0.15) is 0 Å². The molecule has 0 spiro atoms. The van der Waals surface area contributed by atoms with Gasteiger partial charge >= 0.3 is 0 Å². The third-order valence-corrected chi connectivity index (χ3v) is 5.56. The van der Waals surface area contributed by atoms with Crippen LogP contribution in [0.25, 0.3) is 0 Å². The number of nitrogens with zero attached hydrogens (tertiary/aromatic N) is 3. The van der Waals surface area contributed by atoms with E-state index in [1.54, 1.807) is 19.3 Å². The van der Waals surface area contributed by atoms with Crippen molar-refractivity contribution in [2.75, 3.05) is 26.2 Å². The van der Waals surface area contributed by atoms with Crippen molar-refractivity contribution in [3.8, 4) is 0 Å². The molecular formula is C18H27N3O2. The highest BCUT2D eigenvalue weighted by molar-refractivity contribution is 5.93. The minimum Gasteiger partial charge on any atom is -0.339 e. The number of piperidine rings is 1. The Hall–Kier alpha value is -1.62. The number of amides is 1. The SMILES string of the molecule is C[C@@H](C1CCN(C(=O)c2ccc(=O)n(C)c2)CC1)N1CCCC1. The summed E-state index contributed by atoms with van der Waals surface area (Å²) in [6.45, 7) is 6.46. The monoisotopic (exact) mass is 317 g/mol. The predicted molar refractivity (Wildman–Crippen MR) is 90.6 cm³/mol. The summed E-state index contributed by atoms with van der Waals surface area (Å²) < 4.78 is 1.47. The van der Waals surface area contributed by atoms with Crippen LogP contribution < -0.4 is 5.56 Å². The Morgan fingerprint density at radius 2 is 1.78 bits per heavy atom. The second-order valence-corrected chi connectivity index (χ2v) is 6.98. The van der Waals surface area contributed by atoms with Gasteiger partial charge in [0, 0.05) is 38.4 Å². The molecule has 1 aromatic rings. The van der Waals surface area contributed by atoms with Crippen LogP contribution in [0.5, 0.6) is 0 Å². The van der Waals surface area contributed by atoms with Crippen molar-refractivity contribution in [2.45, 2.75) is 38.6 Å². The molecule has 0 bridgehead atoms. The van der Waals surface area contributed by atoms with Gasteiger partial charge < -0.3 is 14.4 Å². The first-order chi connectivity index (χ1) is 11.1. The smallest absolute Gasteiger partial charge is 0.255 e. The molecule has 0 unspecified atom stereocenters. The topological polar surface area (TPSA) is 45.6 Å². The number of hydrogen-bond donors (Lipinski definition) is 0. The molecule has 1 atom stereocenters. The van der Waals surface area contributed by atoms with Gasteiger partial charge in [-0.2, -0.15) is 0 Å². The molecule has 0 aliphatic carbocycles. The summed E-state index contributed by atoms with van der Waals surface area (Å²) >= 11 is 0. The third-order valence-electron chi connectivity index (χ3n) is 5.56. The molecule has 1 aromatic heterocycles. The maximum atomic E-state index is 12.6. The number of likely N-dealkylation sites (tertiary alicyclic amines) is 2. The zero-order valence-corrected chi connectivity index (χ0v) is 14.2. The fraction of sp³-hybridized carbons (Fsp3) is 0.667. The van der Waals surface area contributed by atoms with Crippen LogP contribution in [-0.2, 0) is 7.05 Å². The minimum absolute atomic E-state index is 0.0490. The standard InChI is InChI=1S/C18H27N3O2/c1-14(20-9-3-4-10-20)15-7-11-21(12-8-15)18(23)16-5-6-17(22)19(2)13-16/h5-6,13-15H,3-4,7-12H2,1-2H3/t14-/m0/s1. The summed E-state index contributed by atoms with van der Waals surface area (Å²) in [6, 6.07) is 3.74. The number of aryl methyl sites for hydroxylation is 1. The van der Waals surface area contributed by atoms with Crippen LogP contribution in [0.3, 0.4) is 0 Å². The van der Waals surface area contributed by atoms with Crippen LogP contribution in [-0.4, -0.2) is 52.5 Å². The average Bonchev–Trinajstić information content (AvgIpc) is 3.11. The lowest BCUT2D eigenvalue weighted by molar-refractivity contribution is 0.0623. The van der Waals surface area contributed by atoms with Crippen LogP contribution in [0.4, 0.5) is 0 Å². The summed E-state index contributed by atoms with van der Waals surface area (Å²) in [5, 5.41) is 0. The van der Waals surface area contributed by atoms with E-state index in [4.69, 9.17) is 0 Å². The molecule has 3 heterocycles. The van der Waals surface area contributed by atoms with E-state index in [0.29, 0.717) is 17.5 Å². The molecule has 2 fully saturated rings. The van der Waals surface area contributed by atoms with Crippen molar-refractivity contribution in [3.05, 3.63) is 34.2 Å². The Labute approximate surface area is 137 Å². The van der Waals surface area contributed by atoms with Crippen molar-refractivity contribution in [1.29, 1.82) is 0 Å². The summed E-state index contributed by atoms with van der Waals surface area (Å²) in [4.78, 5) is 28.6. The quantitative estimate of drug-likeness (QED) is 0.853. The molecule has 2 aliphatic heterocycles. The maximum Gasteiger partial charge on any atom is 0.255 e. The van der Waals surface area contributed by atoms with Crippen LogP contribution in [0.15, 0.2) is 23.1 Å². The second-order valence-electron chi connectivity index (χ2n) is 6.98. The Morgan fingerprint density at radius 1 is 1.13 bits per heavy atom. The van der Waals surface area contributed by atoms with Gasteiger partial charge in [-0.15, -0.1) is 0 Å². The first-order valence-electron chi connectivity index (χ1n) is 8.76. The molecular weight excluding hydrogens is 290 g/mol. The summed E-state index contributed by atoms with van der Waals surface area (Å²) in [5.41, 5.74) is 0.526. The third kappa shape index (κ3) is 3.50. The molecule has 23 heavy (non-hydrogen) atoms. The average molecular weight is 317 g/mol. The predicted octanol–water partition coefficient (Wildman–Crippen LogP) is 1.72. The van der Waals surface area contributed by atoms with Gasteiger partial charge in [-0.1, -0.05) is 0 Å². The van der Waals surface area contributed by atoms with Crippen molar-refractivity contribution in [1.82, 2.24) is 14.4 Å². The van der Waals surface area contributed by atoms with Gasteiger partial charge in [-0.25, -0.2) is 0 Å². The lowest BCUT2D eigenvalue weighted by Gasteiger charge is -2.38. The number of carbonyl (C=O) groups is 1. The van der Waals surface area contributed by atoms with E-state index < -0.39 is 0 Å². The molecule has 126 valence electrons. The van der Waals surface area contributed by atoms with Crippen LogP contribution in [0.2, 0.25) is 0 Å². The second kappa shape index (κ2) is 6.87. The van der Waals surface area contributed by atoms with Gasteiger partial charge in [0.2, 0.25) is 5.56 Å². The number of aromatic nitrogens is 1. The number of carbonyl (C=O) groups excluding carboxylic acids is 1. The number of pyridine rings is 1. The summed E-state index contributed by atoms with van der Waals surface area (Å²) in [6.07, 6.45) is 6.46. The molecule has 0 radical (unpaired) electrons. The zero-order chi connectivity index (χ0) is 16.4. The lowest BCUT2D eigenvalue weighted by Crippen LogP contribution is -2.45. The minimum atomic E-state index is -0.0836. The molecule has 5 heteroatoms. The Morgan fingerprint density at radius 3 is 2.39 bits per heavy atom. The lowest BCUT2D eigenvalue weighted by atomic mass is 9.89. The first-order valence-corrected chi connectivity index (χ1v) is 8.76. The fourth-order valence-corrected chi connectivity index (χ4v) is 3.93. The van der Waals surface area contributed by atoms with Crippen molar-refractivity contribution in [3.63, 3.8) is 0 Å². The molecule has 1 amide bonds. The Bertz CT molecular complexity index is 611. The van der Waals surface area contributed by atoms with E-state index in [1.807, 2.05) is 4.90 Å². The first kappa shape index (κ1) is 16.2. The van der Waals surface area contributed by atoms with Gasteiger partial charge in [0.15, 0.2) is 0 Å². The normalized spacial score (nSPS) is 21.6. The highest BCUT2D eigenvalue weighted by Gasteiger charge is 2.30. The maximum absolute atomic E-state index is 12.6. The van der Waals surface area contributed by atoms with Crippen LogP contribution in [0, 0.1) is 5.92 Å². The van der Waals surface area contributed by atoms with Crippen molar-refractivity contribution >= 4 is 5.91 Å². The van der Waals surface area contributed by atoms with E-state index in [0.717, 1.165) is 25.9 Å². The van der Waals surface area contributed by atoms with Gasteiger partial charge in [-0.3, -0.25) is 9.59 Å². The van der Waals surface area contributed by atoms with Crippen LogP contribution >= 0.6 is 0 Å². The molecule has 0 saturated carbocycles. The van der Waals surface area contributed by atoms with E-state index in [-0.39, 0.29) is 11.5 Å². The summed E-state index contributed by atoms with van der Waals surface area (Å²) in [5.74, 6) is 0.741. The van der Waals surface area contributed by atoms with Gasteiger partial charge in [0.25, 0.3) is 5.91 Å². The van der Waals surface area contributed by atoms with E-state index >= 15 is 0 Å². The molecule has 0 aromatic carbocycles. The highest BCUT2D eigenvalue weighted by atomic mass is 16.2. The Balaban J connectivity index is 1.58. The van der Waals surface area contributed by atoms with E-state index in [2.05, 4.69) is 11.8 Å². The van der Waals surface area contributed by atoms with Crippen molar-refractivity contribution in [2.24, 2.45) is 13.0 Å². The fourth-order valence-electron chi connectivity index (χ4n) is 3.93. The molecule has 3 rings (SSSR count). The summed E-state index contributed by atoms with van der Waals surface area (Å²) in [7, 11) is 1.68. The molecule has 2 aliphatic rings. The van der Waals surface area contributed by atoms with Crippen molar-refractivity contribution < 1.29 is 4.79 Å². The van der Waals surface area contributed by atoms with E-state index in [9.17, 15) is 9.59 Å². The van der Waals surface area contributed by atoms with Gasteiger partial charge in [0.05, 0.1) is 5.56 Å². The number of hydrogen-bond acceptors (Lipinski definition) is 3. The largest absolute Gasteiger partial charge is 0.339 e. The zero-order valence-electron chi connectivity index (χ0n) is 14.2. The molecule has 2 saturated heterocycles. The van der Waals surface area contributed by atoms with Crippen LogP contribution in [0.1, 0.15) is 43.0 Å². The highest BCUT2D eigenvalue weighted by Crippen LogP contribution is 2.27. The molecule has 0 N–H and O–H groups in total.